The van der Waals surface area contributed by atoms with Crippen molar-refractivity contribution in [3.63, 3.8) is 0 Å². The predicted octanol–water partition coefficient (Wildman–Crippen LogP) is 3.59. The zero-order valence-electron chi connectivity index (χ0n) is 13.5. The zero-order chi connectivity index (χ0) is 16.8. The van der Waals surface area contributed by atoms with Gasteiger partial charge in [0.25, 0.3) is 5.91 Å². The summed E-state index contributed by atoms with van der Waals surface area (Å²) in [5, 5.41) is 5.58. The van der Waals surface area contributed by atoms with Crippen LogP contribution in [0.15, 0.2) is 41.8 Å². The SMILES string of the molecule is CC(Oc1cccc(Cl)c1)C(=O)NCC(c1cccs1)N(C)C. The number of hydrogen-bond donors (Lipinski definition) is 1. The van der Waals surface area contributed by atoms with Crippen molar-refractivity contribution in [2.45, 2.75) is 19.1 Å². The summed E-state index contributed by atoms with van der Waals surface area (Å²) in [7, 11) is 4.00. The van der Waals surface area contributed by atoms with Gasteiger partial charge in [-0.15, -0.1) is 11.3 Å². The van der Waals surface area contributed by atoms with Gasteiger partial charge in [0.1, 0.15) is 5.75 Å². The smallest absolute Gasteiger partial charge is 0.260 e. The minimum atomic E-state index is -0.584. The highest BCUT2D eigenvalue weighted by molar-refractivity contribution is 7.10. The van der Waals surface area contributed by atoms with Gasteiger partial charge in [-0.1, -0.05) is 23.7 Å². The highest BCUT2D eigenvalue weighted by Crippen LogP contribution is 2.22. The summed E-state index contributed by atoms with van der Waals surface area (Å²) >= 11 is 7.60. The first-order valence-corrected chi connectivity index (χ1v) is 8.63. The Morgan fingerprint density at radius 3 is 2.74 bits per heavy atom. The summed E-state index contributed by atoms with van der Waals surface area (Å²) < 4.78 is 5.63. The van der Waals surface area contributed by atoms with E-state index in [1.54, 1.807) is 42.5 Å². The van der Waals surface area contributed by atoms with Crippen LogP contribution in [0.25, 0.3) is 0 Å². The highest BCUT2D eigenvalue weighted by Gasteiger charge is 2.19. The topological polar surface area (TPSA) is 41.6 Å². The molecule has 2 rings (SSSR count). The normalized spacial score (nSPS) is 13.6. The number of ether oxygens (including phenoxy) is 1. The van der Waals surface area contributed by atoms with Gasteiger partial charge in [-0.25, -0.2) is 0 Å². The van der Waals surface area contributed by atoms with Gasteiger partial charge in [0.2, 0.25) is 0 Å². The van der Waals surface area contributed by atoms with E-state index in [9.17, 15) is 4.79 Å². The van der Waals surface area contributed by atoms with E-state index in [1.165, 1.54) is 4.88 Å². The lowest BCUT2D eigenvalue weighted by molar-refractivity contribution is -0.127. The average Bonchev–Trinajstić information content (AvgIpc) is 3.01. The molecule has 1 amide bonds. The van der Waals surface area contributed by atoms with Crippen LogP contribution in [0.1, 0.15) is 17.8 Å². The number of amides is 1. The van der Waals surface area contributed by atoms with Gasteiger partial charge in [-0.05, 0) is 50.7 Å². The predicted molar refractivity (Wildman–Crippen MR) is 95.3 cm³/mol. The molecular weight excluding hydrogens is 332 g/mol. The van der Waals surface area contributed by atoms with Crippen molar-refractivity contribution in [2.24, 2.45) is 0 Å². The number of nitrogens with zero attached hydrogens (tertiary/aromatic N) is 1. The van der Waals surface area contributed by atoms with E-state index in [0.29, 0.717) is 17.3 Å². The summed E-state index contributed by atoms with van der Waals surface area (Å²) in [5.74, 6) is 0.441. The number of hydrogen-bond acceptors (Lipinski definition) is 4. The lowest BCUT2D eigenvalue weighted by atomic mass is 10.2. The second-order valence-corrected chi connectivity index (χ2v) is 6.87. The van der Waals surface area contributed by atoms with Crippen LogP contribution in [0, 0.1) is 0 Å². The van der Waals surface area contributed by atoms with Gasteiger partial charge in [-0.3, -0.25) is 4.79 Å². The van der Waals surface area contributed by atoms with Crippen molar-refractivity contribution < 1.29 is 9.53 Å². The Kier molecular flexibility index (Phi) is 6.45. The standard InChI is InChI=1S/C17H21ClN2O2S/c1-12(22-14-7-4-6-13(18)10-14)17(21)19-11-15(20(2)3)16-8-5-9-23-16/h4-10,12,15H,11H2,1-3H3,(H,19,21). The Morgan fingerprint density at radius 2 is 2.13 bits per heavy atom. The van der Waals surface area contributed by atoms with Crippen molar-refractivity contribution in [1.29, 1.82) is 0 Å². The molecule has 2 atom stereocenters. The molecular formula is C17H21ClN2O2S. The Balaban J connectivity index is 1.90. The van der Waals surface area contributed by atoms with Crippen LogP contribution >= 0.6 is 22.9 Å². The molecule has 0 saturated carbocycles. The lowest BCUT2D eigenvalue weighted by Crippen LogP contribution is -2.40. The number of thiophene rings is 1. The highest BCUT2D eigenvalue weighted by atomic mass is 35.5. The fraction of sp³-hybridized carbons (Fsp3) is 0.353. The van der Waals surface area contributed by atoms with Gasteiger partial charge in [-0.2, -0.15) is 0 Å². The molecule has 0 radical (unpaired) electrons. The molecule has 0 fully saturated rings. The average molecular weight is 353 g/mol. The minimum Gasteiger partial charge on any atom is -0.481 e. The molecule has 0 aliphatic rings. The number of halogens is 1. The molecule has 0 aliphatic heterocycles. The van der Waals surface area contributed by atoms with E-state index in [-0.39, 0.29) is 11.9 Å². The van der Waals surface area contributed by atoms with Gasteiger partial charge in [0.05, 0.1) is 6.04 Å². The fourth-order valence-corrected chi connectivity index (χ4v) is 3.26. The first-order chi connectivity index (χ1) is 11.0. The van der Waals surface area contributed by atoms with Crippen molar-refractivity contribution in [3.05, 3.63) is 51.7 Å². The molecule has 1 aromatic heterocycles. The van der Waals surface area contributed by atoms with Crippen LogP contribution in [0.4, 0.5) is 0 Å². The molecule has 0 bridgehead atoms. The van der Waals surface area contributed by atoms with Crippen LogP contribution < -0.4 is 10.1 Å². The molecule has 0 saturated heterocycles. The van der Waals surface area contributed by atoms with Gasteiger partial charge >= 0.3 is 0 Å². The molecule has 2 aromatic rings. The quantitative estimate of drug-likeness (QED) is 0.828. The van der Waals surface area contributed by atoms with Gasteiger partial charge in [0, 0.05) is 16.4 Å². The van der Waals surface area contributed by atoms with E-state index in [0.717, 1.165) is 0 Å². The van der Waals surface area contributed by atoms with Crippen LogP contribution in [0.5, 0.6) is 5.75 Å². The van der Waals surface area contributed by atoms with Crippen LogP contribution in [-0.4, -0.2) is 37.6 Å². The molecule has 1 heterocycles. The Morgan fingerprint density at radius 1 is 1.35 bits per heavy atom. The van der Waals surface area contributed by atoms with Crippen LogP contribution in [0.2, 0.25) is 5.02 Å². The van der Waals surface area contributed by atoms with Crippen molar-refractivity contribution >= 4 is 28.8 Å². The maximum Gasteiger partial charge on any atom is 0.260 e. The molecule has 0 spiro atoms. The van der Waals surface area contributed by atoms with Crippen molar-refractivity contribution in [2.75, 3.05) is 20.6 Å². The number of rotatable bonds is 7. The summed E-state index contributed by atoms with van der Waals surface area (Å²) in [6.07, 6.45) is -0.584. The van der Waals surface area contributed by atoms with E-state index in [1.807, 2.05) is 25.5 Å². The zero-order valence-corrected chi connectivity index (χ0v) is 15.0. The molecule has 4 nitrogen and oxygen atoms in total. The first kappa shape index (κ1) is 17.8. The number of likely N-dealkylation sites (N-methyl/N-ethyl adjacent to an activating group) is 1. The maximum absolute atomic E-state index is 12.2. The third kappa shape index (κ3) is 5.23. The number of carbonyl (C=O) groups is 1. The molecule has 124 valence electrons. The number of benzene rings is 1. The number of carbonyl (C=O) groups excluding carboxylic acids is 1. The molecule has 23 heavy (non-hydrogen) atoms. The Bertz CT molecular complexity index is 631. The van der Waals surface area contributed by atoms with Gasteiger partial charge in [0.15, 0.2) is 6.10 Å². The fourth-order valence-electron chi connectivity index (χ4n) is 2.16. The Labute approximate surface area is 146 Å². The third-order valence-corrected chi connectivity index (χ3v) is 4.65. The van der Waals surface area contributed by atoms with Crippen LogP contribution in [-0.2, 0) is 4.79 Å². The first-order valence-electron chi connectivity index (χ1n) is 7.37. The monoisotopic (exact) mass is 352 g/mol. The largest absolute Gasteiger partial charge is 0.481 e. The van der Waals surface area contributed by atoms with E-state index in [4.69, 9.17) is 16.3 Å². The summed E-state index contributed by atoms with van der Waals surface area (Å²) in [6.45, 7) is 2.27. The summed E-state index contributed by atoms with van der Waals surface area (Å²) in [4.78, 5) is 15.6. The summed E-state index contributed by atoms with van der Waals surface area (Å²) in [6, 6.07) is 11.3. The number of nitrogens with one attached hydrogen (secondary N) is 1. The second kappa shape index (κ2) is 8.34. The van der Waals surface area contributed by atoms with E-state index >= 15 is 0 Å². The molecule has 6 heteroatoms. The third-order valence-electron chi connectivity index (χ3n) is 3.44. The molecule has 2 unspecified atom stereocenters. The second-order valence-electron chi connectivity index (χ2n) is 5.46. The van der Waals surface area contributed by atoms with Crippen molar-refractivity contribution in [3.8, 4) is 5.75 Å². The molecule has 0 aliphatic carbocycles. The lowest BCUT2D eigenvalue weighted by Gasteiger charge is -2.24. The van der Waals surface area contributed by atoms with Crippen LogP contribution in [0.3, 0.4) is 0 Å². The van der Waals surface area contributed by atoms with Gasteiger partial charge < -0.3 is 15.0 Å². The maximum atomic E-state index is 12.2. The van der Waals surface area contributed by atoms with E-state index < -0.39 is 6.10 Å². The minimum absolute atomic E-state index is 0.145. The molecule has 1 N–H and O–H groups in total. The summed E-state index contributed by atoms with van der Waals surface area (Å²) in [5.41, 5.74) is 0. The van der Waals surface area contributed by atoms with Crippen molar-refractivity contribution in [1.82, 2.24) is 10.2 Å². The molecule has 1 aromatic carbocycles. The Hall–Kier alpha value is -1.56. The van der Waals surface area contributed by atoms with E-state index in [2.05, 4.69) is 16.3 Å².